The number of fused-ring (bicyclic) bond motifs is 1. The first-order valence-electron chi connectivity index (χ1n) is 8.03. The minimum Gasteiger partial charge on any atom is -0.496 e. The van der Waals surface area contributed by atoms with Gasteiger partial charge in [-0.3, -0.25) is 4.79 Å². The van der Waals surface area contributed by atoms with E-state index in [2.05, 4.69) is 0 Å². The summed E-state index contributed by atoms with van der Waals surface area (Å²) in [7, 11) is 1.60. The number of ether oxygens (including phenoxy) is 2. The van der Waals surface area contributed by atoms with Crippen molar-refractivity contribution < 1.29 is 24.5 Å². The maximum absolute atomic E-state index is 12.2. The van der Waals surface area contributed by atoms with Crippen LogP contribution in [0.5, 0.6) is 5.75 Å². The van der Waals surface area contributed by atoms with Crippen molar-refractivity contribution in [2.24, 2.45) is 5.92 Å². The summed E-state index contributed by atoms with van der Waals surface area (Å²) in [5.74, 6) is -0.582. The largest absolute Gasteiger partial charge is 0.496 e. The topological polar surface area (TPSA) is 76.0 Å². The SMILES string of the molecule is CCOC(=O)C(C)C1(O)c2cc(C)c(OC)cc2C(C)CC1O. The lowest BCUT2D eigenvalue weighted by Gasteiger charge is -2.44. The molecule has 0 fully saturated rings. The normalized spacial score (nSPS) is 28.0. The number of esters is 1. The van der Waals surface area contributed by atoms with Crippen LogP contribution in [0.3, 0.4) is 0 Å². The van der Waals surface area contributed by atoms with E-state index in [9.17, 15) is 15.0 Å². The van der Waals surface area contributed by atoms with Crippen LogP contribution in [0.4, 0.5) is 0 Å². The highest BCUT2D eigenvalue weighted by Gasteiger charge is 2.51. The average molecular weight is 322 g/mol. The summed E-state index contributed by atoms with van der Waals surface area (Å²) >= 11 is 0. The fourth-order valence-corrected chi connectivity index (χ4v) is 3.47. The third-order valence-electron chi connectivity index (χ3n) is 4.91. The number of hydrogen-bond donors (Lipinski definition) is 2. The third-order valence-corrected chi connectivity index (χ3v) is 4.91. The number of aliphatic hydroxyl groups is 2. The van der Waals surface area contributed by atoms with Gasteiger partial charge in [0.1, 0.15) is 11.4 Å². The number of methoxy groups -OCH3 is 1. The smallest absolute Gasteiger partial charge is 0.312 e. The monoisotopic (exact) mass is 322 g/mol. The summed E-state index contributed by atoms with van der Waals surface area (Å²) in [5, 5.41) is 21.8. The second-order valence-electron chi connectivity index (χ2n) is 6.36. The molecule has 0 bridgehead atoms. The Hall–Kier alpha value is -1.59. The van der Waals surface area contributed by atoms with Crippen molar-refractivity contribution in [1.82, 2.24) is 0 Å². The molecule has 23 heavy (non-hydrogen) atoms. The van der Waals surface area contributed by atoms with Crippen LogP contribution in [-0.2, 0) is 15.1 Å². The van der Waals surface area contributed by atoms with Crippen molar-refractivity contribution >= 4 is 5.97 Å². The maximum atomic E-state index is 12.2. The molecule has 1 aromatic rings. The minimum atomic E-state index is -1.66. The molecule has 2 N–H and O–H groups in total. The molecule has 2 rings (SSSR count). The number of aliphatic hydroxyl groups excluding tert-OH is 1. The molecule has 0 spiro atoms. The lowest BCUT2D eigenvalue weighted by molar-refractivity contribution is -0.173. The Balaban J connectivity index is 2.59. The molecule has 0 aromatic heterocycles. The van der Waals surface area contributed by atoms with Crippen LogP contribution in [0.25, 0.3) is 0 Å². The molecule has 5 heteroatoms. The third kappa shape index (κ3) is 2.83. The fraction of sp³-hybridized carbons (Fsp3) is 0.611. The van der Waals surface area contributed by atoms with Crippen molar-refractivity contribution in [3.8, 4) is 5.75 Å². The quantitative estimate of drug-likeness (QED) is 0.832. The van der Waals surface area contributed by atoms with Gasteiger partial charge >= 0.3 is 5.97 Å². The molecular weight excluding hydrogens is 296 g/mol. The van der Waals surface area contributed by atoms with Crippen molar-refractivity contribution in [3.05, 3.63) is 28.8 Å². The number of aryl methyl sites for hydroxylation is 1. The molecule has 5 nitrogen and oxygen atoms in total. The van der Waals surface area contributed by atoms with Crippen molar-refractivity contribution in [2.45, 2.75) is 51.7 Å². The summed E-state index contributed by atoms with van der Waals surface area (Å²) in [4.78, 5) is 12.2. The van der Waals surface area contributed by atoms with Crippen LogP contribution < -0.4 is 4.74 Å². The standard InChI is InChI=1S/C18H26O5/c1-6-23-17(20)12(4)18(21)14-7-11(3)15(22-5)9-13(14)10(2)8-16(18)19/h7,9-10,12,16,19,21H,6,8H2,1-5H3. The Kier molecular flexibility index (Phi) is 5.01. The average Bonchev–Trinajstić information content (AvgIpc) is 2.51. The Bertz CT molecular complexity index is 597. The van der Waals surface area contributed by atoms with Crippen LogP contribution in [0.1, 0.15) is 49.8 Å². The molecule has 0 saturated heterocycles. The first kappa shape index (κ1) is 17.8. The highest BCUT2D eigenvalue weighted by molar-refractivity contribution is 5.74. The van der Waals surface area contributed by atoms with E-state index in [1.807, 2.05) is 26.0 Å². The maximum Gasteiger partial charge on any atom is 0.312 e. The zero-order chi connectivity index (χ0) is 17.4. The zero-order valence-corrected chi connectivity index (χ0v) is 14.4. The summed E-state index contributed by atoms with van der Waals surface area (Å²) in [5.41, 5.74) is 0.673. The van der Waals surface area contributed by atoms with Gasteiger partial charge in [-0.25, -0.2) is 0 Å². The first-order valence-corrected chi connectivity index (χ1v) is 8.03. The summed E-state index contributed by atoms with van der Waals surface area (Å²) in [6, 6.07) is 3.70. The lowest BCUT2D eigenvalue weighted by Crippen LogP contribution is -2.51. The highest BCUT2D eigenvalue weighted by Crippen LogP contribution is 2.47. The molecular formula is C18H26O5. The van der Waals surface area contributed by atoms with Gasteiger partial charge in [-0.2, -0.15) is 0 Å². The Morgan fingerprint density at radius 1 is 1.48 bits per heavy atom. The molecule has 0 heterocycles. The minimum absolute atomic E-state index is 0.0594. The number of hydrogen-bond acceptors (Lipinski definition) is 5. The number of carbonyl (C=O) groups excluding carboxylic acids is 1. The molecule has 0 radical (unpaired) electrons. The van der Waals surface area contributed by atoms with Crippen LogP contribution in [0.2, 0.25) is 0 Å². The second kappa shape index (κ2) is 6.49. The van der Waals surface area contributed by atoms with Gasteiger partial charge in [0.15, 0.2) is 0 Å². The van der Waals surface area contributed by atoms with E-state index in [1.165, 1.54) is 0 Å². The van der Waals surface area contributed by atoms with Gasteiger partial charge in [0.25, 0.3) is 0 Å². The summed E-state index contributed by atoms with van der Waals surface area (Å²) < 4.78 is 10.4. The number of benzene rings is 1. The molecule has 4 unspecified atom stereocenters. The Morgan fingerprint density at radius 3 is 2.70 bits per heavy atom. The lowest BCUT2D eigenvalue weighted by atomic mass is 9.67. The van der Waals surface area contributed by atoms with Gasteiger partial charge in [0, 0.05) is 0 Å². The van der Waals surface area contributed by atoms with Crippen molar-refractivity contribution in [1.29, 1.82) is 0 Å². The van der Waals surface area contributed by atoms with Gasteiger partial charge < -0.3 is 19.7 Å². The van der Waals surface area contributed by atoms with Gasteiger partial charge in [0.05, 0.1) is 25.7 Å². The van der Waals surface area contributed by atoms with Gasteiger partial charge in [-0.05, 0) is 61.9 Å². The molecule has 4 atom stereocenters. The Morgan fingerprint density at radius 2 is 2.13 bits per heavy atom. The van der Waals surface area contributed by atoms with E-state index >= 15 is 0 Å². The molecule has 0 saturated carbocycles. The predicted octanol–water partition coefficient (Wildman–Crippen LogP) is 2.26. The fourth-order valence-electron chi connectivity index (χ4n) is 3.47. The highest BCUT2D eigenvalue weighted by atomic mass is 16.5. The Labute approximate surface area is 137 Å². The molecule has 128 valence electrons. The van der Waals surface area contributed by atoms with E-state index in [-0.39, 0.29) is 12.5 Å². The van der Waals surface area contributed by atoms with Crippen molar-refractivity contribution in [2.75, 3.05) is 13.7 Å². The van der Waals surface area contributed by atoms with Gasteiger partial charge in [-0.15, -0.1) is 0 Å². The summed E-state index contributed by atoms with van der Waals surface area (Å²) in [6.45, 7) is 7.42. The summed E-state index contributed by atoms with van der Waals surface area (Å²) in [6.07, 6.45) is -0.656. The van der Waals surface area contributed by atoms with E-state index in [0.29, 0.717) is 12.0 Å². The molecule has 1 aliphatic carbocycles. The van der Waals surface area contributed by atoms with Crippen molar-refractivity contribution in [3.63, 3.8) is 0 Å². The van der Waals surface area contributed by atoms with E-state index in [4.69, 9.17) is 9.47 Å². The molecule has 0 aliphatic heterocycles. The van der Waals surface area contributed by atoms with Gasteiger partial charge in [-0.1, -0.05) is 6.92 Å². The van der Waals surface area contributed by atoms with E-state index < -0.39 is 23.6 Å². The molecule has 1 aliphatic rings. The number of rotatable bonds is 4. The van der Waals surface area contributed by atoms with E-state index in [0.717, 1.165) is 16.9 Å². The first-order chi connectivity index (χ1) is 10.8. The number of carbonyl (C=O) groups is 1. The van der Waals surface area contributed by atoms with Crippen LogP contribution >= 0.6 is 0 Å². The van der Waals surface area contributed by atoms with E-state index in [1.54, 1.807) is 21.0 Å². The van der Waals surface area contributed by atoms with Crippen LogP contribution in [-0.4, -0.2) is 36.0 Å². The van der Waals surface area contributed by atoms with Crippen LogP contribution in [0, 0.1) is 12.8 Å². The molecule has 0 amide bonds. The van der Waals surface area contributed by atoms with Crippen LogP contribution in [0.15, 0.2) is 12.1 Å². The predicted molar refractivity (Wildman–Crippen MR) is 86.5 cm³/mol. The second-order valence-corrected chi connectivity index (χ2v) is 6.36. The molecule has 1 aromatic carbocycles. The zero-order valence-electron chi connectivity index (χ0n) is 14.4. The van der Waals surface area contributed by atoms with Gasteiger partial charge in [0.2, 0.25) is 0 Å².